The van der Waals surface area contributed by atoms with Gasteiger partial charge >= 0.3 is 0 Å². The van der Waals surface area contributed by atoms with Crippen molar-refractivity contribution in [2.45, 2.75) is 69.6 Å². The van der Waals surface area contributed by atoms with Gasteiger partial charge in [-0.2, -0.15) is 0 Å². The normalized spacial score (nSPS) is 15.2. The van der Waals surface area contributed by atoms with Gasteiger partial charge < -0.3 is 4.90 Å². The highest BCUT2D eigenvalue weighted by Gasteiger charge is 2.47. The number of hydrogen-bond donors (Lipinski definition) is 0. The van der Waals surface area contributed by atoms with E-state index in [1.54, 1.807) is 0 Å². The topological polar surface area (TPSA) is 3.24 Å². The first-order valence-electron chi connectivity index (χ1n) is 24.2. The smallest absolute Gasteiger partial charge is 0.0714 e. The SMILES string of the molecule is CC1(C)CCCc2c(-c3cc4c(cc3N(c3ccc(-c5ccc(-c6ccccc6)cc5)cc3)c3cccc5c3CCCC5)C(c3ccccc3)(c3ccccc3)c3ccccc3-4)cccc21. The minimum Gasteiger partial charge on any atom is -0.310 e. The van der Waals surface area contributed by atoms with Crippen LogP contribution in [0.4, 0.5) is 17.1 Å². The van der Waals surface area contributed by atoms with Crippen molar-refractivity contribution in [2.24, 2.45) is 0 Å². The number of nitrogens with zero attached hydrogens (tertiary/aromatic N) is 1. The number of aryl methyl sites for hydroxylation is 1. The molecule has 320 valence electrons. The first kappa shape index (κ1) is 40.3. The van der Waals surface area contributed by atoms with E-state index in [0.717, 1.165) is 19.3 Å². The molecule has 0 radical (unpaired) electrons. The Balaban J connectivity index is 1.14. The third kappa shape index (κ3) is 6.59. The Morgan fingerprint density at radius 1 is 0.364 bits per heavy atom. The fraction of sp³-hybridized carbons (Fsp3) is 0.169. The van der Waals surface area contributed by atoms with Gasteiger partial charge in [0.25, 0.3) is 0 Å². The van der Waals surface area contributed by atoms with Gasteiger partial charge in [-0.25, -0.2) is 0 Å². The van der Waals surface area contributed by atoms with Crippen LogP contribution in [0.25, 0.3) is 44.5 Å². The second-order valence-corrected chi connectivity index (χ2v) is 19.5. The Morgan fingerprint density at radius 3 is 1.61 bits per heavy atom. The van der Waals surface area contributed by atoms with Gasteiger partial charge in [-0.05, 0) is 164 Å². The third-order valence-electron chi connectivity index (χ3n) is 15.3. The van der Waals surface area contributed by atoms with Crippen LogP contribution in [0.5, 0.6) is 0 Å². The number of anilines is 3. The minimum absolute atomic E-state index is 0.107. The van der Waals surface area contributed by atoms with Crippen LogP contribution in [0.3, 0.4) is 0 Å². The Bertz CT molecular complexity index is 3180. The predicted octanol–water partition coefficient (Wildman–Crippen LogP) is 17.0. The van der Waals surface area contributed by atoms with Gasteiger partial charge in [0.2, 0.25) is 0 Å². The Kier molecular flexibility index (Phi) is 9.98. The lowest BCUT2D eigenvalue weighted by Crippen LogP contribution is -2.29. The second-order valence-electron chi connectivity index (χ2n) is 19.5. The zero-order chi connectivity index (χ0) is 44.2. The van der Waals surface area contributed by atoms with Crippen molar-refractivity contribution < 1.29 is 0 Å². The van der Waals surface area contributed by atoms with Crippen LogP contribution in [0.15, 0.2) is 212 Å². The molecule has 0 aromatic heterocycles. The summed E-state index contributed by atoms with van der Waals surface area (Å²) >= 11 is 0. The second kappa shape index (κ2) is 16.3. The zero-order valence-electron chi connectivity index (χ0n) is 38.1. The van der Waals surface area contributed by atoms with E-state index in [1.807, 2.05) is 0 Å². The Morgan fingerprint density at radius 2 is 0.909 bits per heavy atom. The van der Waals surface area contributed by atoms with Gasteiger partial charge in [-0.15, -0.1) is 0 Å². The van der Waals surface area contributed by atoms with Crippen molar-refractivity contribution in [1.82, 2.24) is 0 Å². The van der Waals surface area contributed by atoms with E-state index in [1.165, 1.54) is 132 Å². The molecule has 0 unspecified atom stereocenters. The van der Waals surface area contributed by atoms with Crippen molar-refractivity contribution in [3.05, 3.63) is 257 Å². The molecule has 3 aliphatic rings. The van der Waals surface area contributed by atoms with Crippen molar-refractivity contribution in [2.75, 3.05) is 4.90 Å². The maximum Gasteiger partial charge on any atom is 0.0714 e. The van der Waals surface area contributed by atoms with Gasteiger partial charge in [-0.3, -0.25) is 0 Å². The lowest BCUT2D eigenvalue weighted by atomic mass is 9.67. The van der Waals surface area contributed by atoms with Gasteiger partial charge in [0.1, 0.15) is 0 Å². The molecule has 3 aliphatic carbocycles. The van der Waals surface area contributed by atoms with Gasteiger partial charge in [-0.1, -0.05) is 196 Å². The predicted molar refractivity (Wildman–Crippen MR) is 277 cm³/mol. The minimum atomic E-state index is -0.530. The van der Waals surface area contributed by atoms with Crippen LogP contribution in [-0.4, -0.2) is 0 Å². The molecule has 0 fully saturated rings. The molecule has 66 heavy (non-hydrogen) atoms. The van der Waals surface area contributed by atoms with E-state index < -0.39 is 5.41 Å². The van der Waals surface area contributed by atoms with Crippen LogP contribution >= 0.6 is 0 Å². The van der Waals surface area contributed by atoms with E-state index in [2.05, 4.69) is 231 Å². The van der Waals surface area contributed by atoms with Crippen LogP contribution in [0.2, 0.25) is 0 Å². The summed E-state index contributed by atoms with van der Waals surface area (Å²) in [5, 5.41) is 0. The van der Waals surface area contributed by atoms with Crippen LogP contribution < -0.4 is 4.90 Å². The fourth-order valence-corrected chi connectivity index (χ4v) is 12.1. The van der Waals surface area contributed by atoms with Gasteiger partial charge in [0.15, 0.2) is 0 Å². The average molecular weight is 850 g/mol. The van der Waals surface area contributed by atoms with Crippen molar-refractivity contribution in [1.29, 1.82) is 0 Å². The van der Waals surface area contributed by atoms with E-state index in [4.69, 9.17) is 0 Å². The van der Waals surface area contributed by atoms with Crippen molar-refractivity contribution in [3.63, 3.8) is 0 Å². The van der Waals surface area contributed by atoms with E-state index in [9.17, 15) is 0 Å². The van der Waals surface area contributed by atoms with Gasteiger partial charge in [0.05, 0.1) is 11.1 Å². The summed E-state index contributed by atoms with van der Waals surface area (Å²) in [7, 11) is 0. The summed E-state index contributed by atoms with van der Waals surface area (Å²) in [6, 6.07) is 80.4. The molecule has 12 rings (SSSR count). The standard InChI is InChI=1S/C65H55N/c1-64(2)42-18-30-55-54(29-17-32-59(55)64)58-43-57-56-28-14-15-31-60(56)65(50-23-8-4-9-24-50,51-25-10-5-11-26-51)61(57)44-63(58)66(62-33-16-22-49-21-12-13-27-53(49)62)52-40-38-48(39-41-52)47-36-34-46(35-37-47)45-19-6-3-7-20-45/h3-11,14-17,19-20,22-26,28-29,31-41,43-44H,12-13,18,21,27,30,42H2,1-2H3. The lowest BCUT2D eigenvalue weighted by molar-refractivity contribution is 0.432. The summed E-state index contributed by atoms with van der Waals surface area (Å²) in [6.07, 6.45) is 8.11. The molecule has 0 saturated carbocycles. The molecule has 1 heteroatoms. The van der Waals surface area contributed by atoms with Crippen molar-refractivity contribution >= 4 is 17.1 Å². The lowest BCUT2D eigenvalue weighted by Gasteiger charge is -2.37. The largest absolute Gasteiger partial charge is 0.310 e. The molecule has 1 nitrogen and oxygen atoms in total. The molecule has 0 amide bonds. The molecule has 0 bridgehead atoms. The highest BCUT2D eigenvalue weighted by molar-refractivity contribution is 5.98. The fourth-order valence-electron chi connectivity index (χ4n) is 12.1. The number of benzene rings is 9. The molecule has 0 aliphatic heterocycles. The summed E-state index contributed by atoms with van der Waals surface area (Å²) < 4.78 is 0. The monoisotopic (exact) mass is 849 g/mol. The Hall–Kier alpha value is -7.22. The molecule has 0 atom stereocenters. The Labute approximate surface area is 391 Å². The molecule has 0 heterocycles. The number of hydrogen-bond acceptors (Lipinski definition) is 1. The molecule has 0 saturated heterocycles. The third-order valence-corrected chi connectivity index (χ3v) is 15.3. The molecule has 0 N–H and O–H groups in total. The summed E-state index contributed by atoms with van der Waals surface area (Å²) in [5.74, 6) is 0. The average Bonchev–Trinajstić information content (AvgIpc) is 3.67. The van der Waals surface area contributed by atoms with E-state index in [-0.39, 0.29) is 5.41 Å². The van der Waals surface area contributed by atoms with E-state index in [0.29, 0.717) is 0 Å². The zero-order valence-corrected chi connectivity index (χ0v) is 38.1. The highest BCUT2D eigenvalue weighted by atomic mass is 15.1. The van der Waals surface area contributed by atoms with Crippen LogP contribution in [0, 0.1) is 0 Å². The maximum atomic E-state index is 2.65. The highest BCUT2D eigenvalue weighted by Crippen LogP contribution is 2.59. The molecule has 9 aromatic rings. The first-order chi connectivity index (χ1) is 32.5. The van der Waals surface area contributed by atoms with Crippen molar-refractivity contribution in [3.8, 4) is 44.5 Å². The molecular formula is C65H55N. The van der Waals surface area contributed by atoms with E-state index >= 15 is 0 Å². The molecular weight excluding hydrogens is 795 g/mol. The summed E-state index contributed by atoms with van der Waals surface area (Å²) in [6.45, 7) is 4.89. The summed E-state index contributed by atoms with van der Waals surface area (Å²) in [5.41, 5.74) is 24.6. The number of fused-ring (bicyclic) bond motifs is 5. The van der Waals surface area contributed by atoms with Crippen LogP contribution in [0.1, 0.15) is 84.0 Å². The molecule has 0 spiro atoms. The molecule has 9 aromatic carbocycles. The number of rotatable bonds is 8. The van der Waals surface area contributed by atoms with Crippen LogP contribution in [-0.2, 0) is 30.1 Å². The first-order valence-corrected chi connectivity index (χ1v) is 24.2. The quantitative estimate of drug-likeness (QED) is 0.147. The maximum absolute atomic E-state index is 2.65. The summed E-state index contributed by atoms with van der Waals surface area (Å²) in [4.78, 5) is 2.65. The van der Waals surface area contributed by atoms with Gasteiger partial charge in [0, 0.05) is 16.9 Å².